The lowest BCUT2D eigenvalue weighted by Crippen LogP contribution is -2.53. The number of carbonyl (C=O) groups excluding carboxylic acids is 1. The van der Waals surface area contributed by atoms with Gasteiger partial charge >= 0.3 is 0 Å². The summed E-state index contributed by atoms with van der Waals surface area (Å²) in [4.78, 5) is 29.1. The Labute approximate surface area is 162 Å². The Morgan fingerprint density at radius 2 is 1.89 bits per heavy atom. The van der Waals surface area contributed by atoms with E-state index in [-0.39, 0.29) is 22.5 Å². The number of hydrogen-bond acceptors (Lipinski definition) is 5. The first-order valence-corrected chi connectivity index (χ1v) is 9.63. The van der Waals surface area contributed by atoms with E-state index in [0.29, 0.717) is 37.6 Å². The fraction of sp³-hybridized carbons (Fsp3) is 0.421. The van der Waals surface area contributed by atoms with Gasteiger partial charge in [0.2, 0.25) is 5.91 Å². The molecule has 0 aliphatic carbocycles. The van der Waals surface area contributed by atoms with Crippen LogP contribution in [-0.4, -0.2) is 59.4 Å². The molecule has 1 unspecified atom stereocenters. The highest BCUT2D eigenvalue weighted by molar-refractivity contribution is 6.33. The SMILES string of the molecule is O=C(C1CCCN1)N1CCN(c2cnn(-c3ccccc3)c(=O)c2Cl)CC1. The van der Waals surface area contributed by atoms with Crippen LogP contribution in [0.4, 0.5) is 5.69 Å². The first kappa shape index (κ1) is 18.0. The van der Waals surface area contributed by atoms with Crippen LogP contribution in [0.3, 0.4) is 0 Å². The fourth-order valence-electron chi connectivity index (χ4n) is 3.68. The second-order valence-electron chi connectivity index (χ2n) is 6.86. The normalized spacial score (nSPS) is 20.1. The van der Waals surface area contributed by atoms with Crippen molar-refractivity contribution in [3.63, 3.8) is 0 Å². The smallest absolute Gasteiger partial charge is 0.292 e. The van der Waals surface area contributed by atoms with Gasteiger partial charge in [0.15, 0.2) is 0 Å². The summed E-state index contributed by atoms with van der Waals surface area (Å²) in [6.45, 7) is 3.42. The third-order valence-electron chi connectivity index (χ3n) is 5.19. The summed E-state index contributed by atoms with van der Waals surface area (Å²) in [5, 5.41) is 7.70. The molecule has 2 aromatic rings. The summed E-state index contributed by atoms with van der Waals surface area (Å²) in [6, 6.07) is 9.16. The third-order valence-corrected chi connectivity index (χ3v) is 5.55. The molecule has 4 rings (SSSR count). The van der Waals surface area contributed by atoms with Crippen LogP contribution in [0.5, 0.6) is 0 Å². The summed E-state index contributed by atoms with van der Waals surface area (Å²) < 4.78 is 1.30. The molecule has 0 saturated carbocycles. The fourth-order valence-corrected chi connectivity index (χ4v) is 3.93. The molecule has 2 aliphatic heterocycles. The van der Waals surface area contributed by atoms with Crippen LogP contribution in [-0.2, 0) is 4.79 Å². The minimum Gasteiger partial charge on any atom is -0.365 e. The topological polar surface area (TPSA) is 70.5 Å². The highest BCUT2D eigenvalue weighted by atomic mass is 35.5. The summed E-state index contributed by atoms with van der Waals surface area (Å²) in [7, 11) is 0. The number of piperazine rings is 1. The lowest BCUT2D eigenvalue weighted by atomic mass is 10.2. The van der Waals surface area contributed by atoms with E-state index in [1.165, 1.54) is 4.68 Å². The summed E-state index contributed by atoms with van der Waals surface area (Å²) in [5.74, 6) is 0.177. The van der Waals surface area contributed by atoms with Gasteiger partial charge in [-0.1, -0.05) is 29.8 Å². The lowest BCUT2D eigenvalue weighted by molar-refractivity contribution is -0.133. The molecule has 0 spiro atoms. The van der Waals surface area contributed by atoms with Gasteiger partial charge in [-0.15, -0.1) is 0 Å². The second-order valence-corrected chi connectivity index (χ2v) is 7.24. The number of hydrogen-bond donors (Lipinski definition) is 1. The molecule has 8 heteroatoms. The van der Waals surface area contributed by atoms with Crippen LogP contribution in [0, 0.1) is 0 Å². The number of nitrogens with one attached hydrogen (secondary N) is 1. The zero-order valence-electron chi connectivity index (χ0n) is 15.0. The number of halogens is 1. The minimum absolute atomic E-state index is 0.0448. The van der Waals surface area contributed by atoms with Gasteiger partial charge < -0.3 is 15.1 Å². The zero-order chi connectivity index (χ0) is 18.8. The van der Waals surface area contributed by atoms with Crippen molar-refractivity contribution in [2.45, 2.75) is 18.9 Å². The quantitative estimate of drug-likeness (QED) is 0.859. The summed E-state index contributed by atoms with van der Waals surface area (Å²) in [5.41, 5.74) is 0.962. The number of amides is 1. The van der Waals surface area contributed by atoms with Crippen molar-refractivity contribution in [3.05, 3.63) is 51.9 Å². The maximum atomic E-state index is 12.6. The molecule has 1 aromatic heterocycles. The van der Waals surface area contributed by atoms with Gasteiger partial charge in [-0.25, -0.2) is 0 Å². The molecule has 2 saturated heterocycles. The maximum absolute atomic E-state index is 12.6. The first-order valence-electron chi connectivity index (χ1n) is 9.25. The van der Waals surface area contributed by atoms with Gasteiger partial charge in [-0.05, 0) is 31.5 Å². The van der Waals surface area contributed by atoms with Crippen molar-refractivity contribution < 1.29 is 4.79 Å². The van der Waals surface area contributed by atoms with E-state index in [2.05, 4.69) is 10.4 Å². The van der Waals surface area contributed by atoms with Crippen molar-refractivity contribution in [1.82, 2.24) is 20.0 Å². The number of rotatable bonds is 3. The molecule has 142 valence electrons. The van der Waals surface area contributed by atoms with Crippen LogP contribution in [0.25, 0.3) is 5.69 Å². The molecule has 1 N–H and O–H groups in total. The number of para-hydroxylation sites is 1. The Bertz CT molecular complexity index is 871. The standard InChI is InChI=1S/C19H22ClN5O2/c20-17-16(13-22-25(19(17)27)14-5-2-1-3-6-14)23-9-11-24(12-10-23)18(26)15-7-4-8-21-15/h1-3,5-6,13,15,21H,4,7-12H2. The molecule has 3 heterocycles. The largest absolute Gasteiger partial charge is 0.365 e. The lowest BCUT2D eigenvalue weighted by Gasteiger charge is -2.37. The maximum Gasteiger partial charge on any atom is 0.292 e. The van der Waals surface area contributed by atoms with Crippen molar-refractivity contribution in [2.75, 3.05) is 37.6 Å². The minimum atomic E-state index is -0.339. The van der Waals surface area contributed by atoms with Crippen LogP contribution in [0.1, 0.15) is 12.8 Å². The van der Waals surface area contributed by atoms with Crippen LogP contribution in [0.15, 0.2) is 41.3 Å². The van der Waals surface area contributed by atoms with Crippen molar-refractivity contribution in [1.29, 1.82) is 0 Å². The van der Waals surface area contributed by atoms with E-state index in [9.17, 15) is 9.59 Å². The molecule has 2 aliphatic rings. The molecular formula is C19H22ClN5O2. The highest BCUT2D eigenvalue weighted by Gasteiger charge is 2.30. The predicted octanol–water partition coefficient (Wildman–Crippen LogP) is 1.29. The average molecular weight is 388 g/mol. The van der Waals surface area contributed by atoms with Crippen molar-refractivity contribution in [3.8, 4) is 5.69 Å². The molecule has 1 atom stereocenters. The molecule has 2 fully saturated rings. The number of benzene rings is 1. The molecule has 1 aromatic carbocycles. The molecule has 7 nitrogen and oxygen atoms in total. The number of nitrogens with zero attached hydrogens (tertiary/aromatic N) is 4. The predicted molar refractivity (Wildman–Crippen MR) is 105 cm³/mol. The Kier molecular flexibility index (Phi) is 5.13. The van der Waals surface area contributed by atoms with Crippen LogP contribution in [0.2, 0.25) is 5.02 Å². The molecular weight excluding hydrogens is 366 g/mol. The van der Waals surface area contributed by atoms with Crippen molar-refractivity contribution >= 4 is 23.2 Å². The monoisotopic (exact) mass is 387 g/mol. The Balaban J connectivity index is 1.48. The van der Waals surface area contributed by atoms with Gasteiger partial charge in [-0.3, -0.25) is 9.59 Å². The Morgan fingerprint density at radius 3 is 2.56 bits per heavy atom. The van der Waals surface area contributed by atoms with Gasteiger partial charge in [0.1, 0.15) is 5.02 Å². The number of anilines is 1. The van der Waals surface area contributed by atoms with E-state index in [0.717, 1.165) is 19.4 Å². The Hall–Kier alpha value is -2.38. The third kappa shape index (κ3) is 3.57. The number of carbonyl (C=O) groups is 1. The van der Waals surface area contributed by atoms with Crippen molar-refractivity contribution in [2.24, 2.45) is 0 Å². The van der Waals surface area contributed by atoms with E-state index in [1.54, 1.807) is 6.20 Å². The van der Waals surface area contributed by atoms with E-state index in [1.807, 2.05) is 40.1 Å². The highest BCUT2D eigenvalue weighted by Crippen LogP contribution is 2.23. The molecule has 27 heavy (non-hydrogen) atoms. The van der Waals surface area contributed by atoms with E-state index < -0.39 is 0 Å². The Morgan fingerprint density at radius 1 is 1.15 bits per heavy atom. The average Bonchev–Trinajstić information content (AvgIpc) is 3.25. The van der Waals surface area contributed by atoms with Crippen LogP contribution >= 0.6 is 11.6 Å². The van der Waals surface area contributed by atoms with Crippen LogP contribution < -0.4 is 15.8 Å². The zero-order valence-corrected chi connectivity index (χ0v) is 15.7. The second kappa shape index (κ2) is 7.70. The number of aromatic nitrogens is 2. The summed E-state index contributed by atoms with van der Waals surface area (Å²) in [6.07, 6.45) is 3.59. The summed E-state index contributed by atoms with van der Waals surface area (Å²) >= 11 is 6.38. The molecule has 0 radical (unpaired) electrons. The first-order chi connectivity index (χ1) is 13.1. The van der Waals surface area contributed by atoms with E-state index in [4.69, 9.17) is 11.6 Å². The molecule has 0 bridgehead atoms. The van der Waals surface area contributed by atoms with E-state index >= 15 is 0 Å². The van der Waals surface area contributed by atoms with Gasteiger partial charge in [-0.2, -0.15) is 9.78 Å². The molecule has 1 amide bonds. The van der Waals surface area contributed by atoms with Gasteiger partial charge in [0.05, 0.1) is 23.6 Å². The van der Waals surface area contributed by atoms with Gasteiger partial charge in [0.25, 0.3) is 5.56 Å². The van der Waals surface area contributed by atoms with Gasteiger partial charge in [0, 0.05) is 26.2 Å².